The highest BCUT2D eigenvalue weighted by Crippen LogP contribution is 2.37. The number of ether oxygens (including phenoxy) is 1. The number of carbonyl (C=O) groups is 1. The summed E-state index contributed by atoms with van der Waals surface area (Å²) in [5.74, 6) is -0.130. The van der Waals surface area contributed by atoms with Crippen molar-refractivity contribution in [1.29, 1.82) is 0 Å². The standard InChI is InChI=1S/C25H24ClF3N2O2/c1-2-33-24(32)22-19(14-16-8-4-5-9-20(16)25(27,28)29)18-15-17(26)10-11-21(18)30-23(22)31-12-6-3-7-13-31/h4-5,8-11,15H,2-3,6-7,12-14H2,1H3. The highest BCUT2D eigenvalue weighted by molar-refractivity contribution is 6.31. The predicted molar refractivity (Wildman–Crippen MR) is 123 cm³/mol. The molecule has 0 bridgehead atoms. The van der Waals surface area contributed by atoms with E-state index in [4.69, 9.17) is 21.3 Å². The highest BCUT2D eigenvalue weighted by atomic mass is 35.5. The summed E-state index contributed by atoms with van der Waals surface area (Å²) in [6.45, 7) is 3.28. The van der Waals surface area contributed by atoms with Crippen molar-refractivity contribution in [2.24, 2.45) is 0 Å². The molecular weight excluding hydrogens is 453 g/mol. The van der Waals surface area contributed by atoms with E-state index >= 15 is 0 Å². The maximum Gasteiger partial charge on any atom is 0.416 e. The number of pyridine rings is 1. The fourth-order valence-corrected chi connectivity index (χ4v) is 4.54. The molecule has 0 N–H and O–H groups in total. The summed E-state index contributed by atoms with van der Waals surface area (Å²) in [6, 6.07) is 10.5. The van der Waals surface area contributed by atoms with Gasteiger partial charge in [-0.1, -0.05) is 29.8 Å². The second kappa shape index (κ2) is 9.59. The molecule has 0 atom stereocenters. The number of aromatic nitrogens is 1. The van der Waals surface area contributed by atoms with Crippen molar-refractivity contribution < 1.29 is 22.7 Å². The van der Waals surface area contributed by atoms with Crippen molar-refractivity contribution in [2.75, 3.05) is 24.6 Å². The minimum absolute atomic E-state index is 0.0765. The van der Waals surface area contributed by atoms with Crippen LogP contribution in [0.5, 0.6) is 0 Å². The number of anilines is 1. The van der Waals surface area contributed by atoms with Crippen LogP contribution in [0.25, 0.3) is 10.9 Å². The largest absolute Gasteiger partial charge is 0.462 e. The number of nitrogens with zero attached hydrogens (tertiary/aromatic N) is 2. The Balaban J connectivity index is 1.99. The predicted octanol–water partition coefficient (Wildman–Crippen LogP) is 6.66. The van der Waals surface area contributed by atoms with Crippen molar-refractivity contribution in [2.45, 2.75) is 38.8 Å². The first-order valence-corrected chi connectivity index (χ1v) is 11.4. The molecule has 0 spiro atoms. The molecule has 1 aliphatic rings. The lowest BCUT2D eigenvalue weighted by Gasteiger charge is -2.30. The average molecular weight is 477 g/mol. The number of fused-ring (bicyclic) bond motifs is 1. The van der Waals surface area contributed by atoms with Gasteiger partial charge >= 0.3 is 12.1 Å². The first kappa shape index (κ1) is 23.4. The van der Waals surface area contributed by atoms with Gasteiger partial charge in [-0.3, -0.25) is 0 Å². The molecule has 174 valence electrons. The molecule has 2 aromatic carbocycles. The van der Waals surface area contributed by atoms with Crippen LogP contribution in [0.3, 0.4) is 0 Å². The molecule has 4 rings (SSSR count). The molecule has 0 unspecified atom stereocenters. The SMILES string of the molecule is CCOC(=O)c1c(N2CCCCC2)nc2ccc(Cl)cc2c1Cc1ccccc1C(F)(F)F. The van der Waals surface area contributed by atoms with Crippen LogP contribution < -0.4 is 4.90 Å². The highest BCUT2D eigenvalue weighted by Gasteiger charge is 2.34. The van der Waals surface area contributed by atoms with Crippen LogP contribution in [0.2, 0.25) is 5.02 Å². The molecule has 1 saturated heterocycles. The van der Waals surface area contributed by atoms with Gasteiger partial charge in [-0.25, -0.2) is 9.78 Å². The number of piperidine rings is 1. The van der Waals surface area contributed by atoms with Crippen LogP contribution in [-0.2, 0) is 17.3 Å². The number of hydrogen-bond donors (Lipinski definition) is 0. The van der Waals surface area contributed by atoms with Gasteiger partial charge in [0.05, 0.1) is 17.7 Å². The lowest BCUT2D eigenvalue weighted by Crippen LogP contribution is -2.32. The third kappa shape index (κ3) is 4.93. The average Bonchev–Trinajstić information content (AvgIpc) is 2.79. The van der Waals surface area contributed by atoms with Crippen LogP contribution >= 0.6 is 11.6 Å². The zero-order valence-corrected chi connectivity index (χ0v) is 19.0. The van der Waals surface area contributed by atoms with E-state index in [0.717, 1.165) is 38.4 Å². The van der Waals surface area contributed by atoms with E-state index in [1.807, 2.05) is 4.90 Å². The van der Waals surface area contributed by atoms with Gasteiger partial charge in [0.1, 0.15) is 11.4 Å². The summed E-state index contributed by atoms with van der Waals surface area (Å²) in [4.78, 5) is 20.0. The van der Waals surface area contributed by atoms with Gasteiger partial charge in [-0.2, -0.15) is 13.2 Å². The van der Waals surface area contributed by atoms with Gasteiger partial charge in [-0.15, -0.1) is 0 Å². The normalized spacial score (nSPS) is 14.5. The molecular formula is C25H24ClF3N2O2. The van der Waals surface area contributed by atoms with Crippen molar-refractivity contribution >= 4 is 34.3 Å². The second-order valence-electron chi connectivity index (χ2n) is 8.05. The number of alkyl halides is 3. The summed E-state index contributed by atoms with van der Waals surface area (Å²) < 4.78 is 46.6. The fraction of sp³-hybridized carbons (Fsp3) is 0.360. The van der Waals surface area contributed by atoms with Crippen LogP contribution in [0.15, 0.2) is 42.5 Å². The van der Waals surface area contributed by atoms with Crippen LogP contribution in [-0.4, -0.2) is 30.6 Å². The first-order chi connectivity index (χ1) is 15.8. The Hall–Kier alpha value is -2.80. The third-order valence-electron chi connectivity index (χ3n) is 5.86. The number of esters is 1. The third-order valence-corrected chi connectivity index (χ3v) is 6.10. The maximum atomic E-state index is 13.7. The molecule has 3 aromatic rings. The van der Waals surface area contributed by atoms with Gasteiger partial charge < -0.3 is 9.64 Å². The zero-order valence-electron chi connectivity index (χ0n) is 18.2. The monoisotopic (exact) mass is 476 g/mol. The van der Waals surface area contributed by atoms with E-state index < -0.39 is 17.7 Å². The van der Waals surface area contributed by atoms with Gasteiger partial charge in [0.15, 0.2) is 0 Å². The Kier molecular flexibility index (Phi) is 6.79. The van der Waals surface area contributed by atoms with Gasteiger partial charge in [0, 0.05) is 23.5 Å². The lowest BCUT2D eigenvalue weighted by atomic mass is 9.92. The summed E-state index contributed by atoms with van der Waals surface area (Å²) in [7, 11) is 0. The zero-order chi connectivity index (χ0) is 23.6. The number of carbonyl (C=O) groups excluding carboxylic acids is 1. The number of hydrogen-bond acceptors (Lipinski definition) is 4. The fourth-order valence-electron chi connectivity index (χ4n) is 4.36. The second-order valence-corrected chi connectivity index (χ2v) is 8.49. The van der Waals surface area contributed by atoms with Crippen LogP contribution in [0.4, 0.5) is 19.0 Å². The van der Waals surface area contributed by atoms with Crippen molar-refractivity contribution in [1.82, 2.24) is 4.98 Å². The molecule has 8 heteroatoms. The summed E-state index contributed by atoms with van der Waals surface area (Å²) >= 11 is 6.24. The summed E-state index contributed by atoms with van der Waals surface area (Å²) in [5, 5.41) is 0.957. The first-order valence-electron chi connectivity index (χ1n) is 11.0. The Bertz CT molecular complexity index is 1170. The van der Waals surface area contributed by atoms with Crippen molar-refractivity contribution in [3.63, 3.8) is 0 Å². The van der Waals surface area contributed by atoms with Crippen LogP contribution in [0.1, 0.15) is 53.2 Å². The van der Waals surface area contributed by atoms with E-state index in [9.17, 15) is 18.0 Å². The van der Waals surface area contributed by atoms with Gasteiger partial charge in [0.2, 0.25) is 0 Å². The molecule has 0 saturated carbocycles. The number of halogens is 4. The topological polar surface area (TPSA) is 42.4 Å². The minimum atomic E-state index is -4.52. The molecule has 1 aromatic heterocycles. The van der Waals surface area contributed by atoms with E-state index in [1.54, 1.807) is 31.2 Å². The lowest BCUT2D eigenvalue weighted by molar-refractivity contribution is -0.138. The maximum absolute atomic E-state index is 13.7. The van der Waals surface area contributed by atoms with E-state index in [2.05, 4.69) is 0 Å². The molecule has 0 aliphatic carbocycles. The molecule has 1 aliphatic heterocycles. The van der Waals surface area contributed by atoms with Crippen molar-refractivity contribution in [3.8, 4) is 0 Å². The van der Waals surface area contributed by atoms with Gasteiger partial charge in [0.25, 0.3) is 0 Å². The quantitative estimate of drug-likeness (QED) is 0.386. The Labute approximate surface area is 195 Å². The molecule has 0 radical (unpaired) electrons. The molecule has 0 amide bonds. The Morgan fingerprint density at radius 3 is 2.55 bits per heavy atom. The number of benzene rings is 2. The minimum Gasteiger partial charge on any atom is -0.462 e. The van der Waals surface area contributed by atoms with E-state index in [-0.39, 0.29) is 24.2 Å². The Morgan fingerprint density at radius 2 is 1.85 bits per heavy atom. The van der Waals surface area contributed by atoms with Crippen molar-refractivity contribution in [3.05, 3.63) is 69.7 Å². The molecule has 2 heterocycles. The Morgan fingerprint density at radius 1 is 1.12 bits per heavy atom. The van der Waals surface area contributed by atoms with E-state index in [0.29, 0.717) is 27.3 Å². The number of rotatable bonds is 5. The van der Waals surface area contributed by atoms with Gasteiger partial charge in [-0.05, 0) is 68.0 Å². The smallest absolute Gasteiger partial charge is 0.416 e. The van der Waals surface area contributed by atoms with E-state index in [1.165, 1.54) is 12.1 Å². The molecule has 33 heavy (non-hydrogen) atoms. The molecule has 1 fully saturated rings. The molecule has 4 nitrogen and oxygen atoms in total. The summed E-state index contributed by atoms with van der Waals surface area (Å²) in [6.07, 6.45) is -1.63. The summed E-state index contributed by atoms with van der Waals surface area (Å²) in [5.41, 5.74) is 0.579. The van der Waals surface area contributed by atoms with Crippen LogP contribution in [0, 0.1) is 0 Å².